The molecule has 2 atom stereocenters. The second-order valence-electron chi connectivity index (χ2n) is 27.1. The van der Waals surface area contributed by atoms with Crippen molar-refractivity contribution in [2.24, 2.45) is 0 Å². The Morgan fingerprint density at radius 1 is 0.327 bits per heavy atom. The van der Waals surface area contributed by atoms with Crippen molar-refractivity contribution in [1.82, 2.24) is 0 Å². The van der Waals surface area contributed by atoms with Gasteiger partial charge in [-0.15, -0.1) is 0 Å². The molecule has 1 rings (SSSR count). The summed E-state index contributed by atoms with van der Waals surface area (Å²) in [5, 5.41) is 0. The SMILES string of the molecule is CC1O[Si]([Si](C(C)C)(C([Si](C)(C)C)[Si](C)(C)C)C([Si](C)(C)C)[Si](C)(C)C)OC(C)[Si]1[Si](C(C)C)(C([Si](C)(C)C)[Si](C)(C)C)C([Si](C)(C)C)[Si](C)(C)C. The average Bonchev–Trinajstić information content (AvgIpc) is 2.74. The van der Waals surface area contributed by atoms with Gasteiger partial charge in [0, 0.05) is 83.6 Å². The molecule has 1 heterocycles. The van der Waals surface area contributed by atoms with Gasteiger partial charge in [-0.05, 0) is 19.4 Å². The van der Waals surface area contributed by atoms with Crippen LogP contribution in [0.3, 0.4) is 0 Å². The minimum absolute atomic E-state index is 0.403. The Hall–Kier alpha value is 2.52. The van der Waals surface area contributed by atoms with Crippen molar-refractivity contribution in [3.8, 4) is 0 Å². The molecule has 0 spiro atoms. The predicted octanol–water partition coefficient (Wildman–Crippen LogP) is 14.2. The van der Waals surface area contributed by atoms with Crippen LogP contribution in [-0.2, 0) is 8.85 Å². The van der Waals surface area contributed by atoms with Gasteiger partial charge in [-0.2, -0.15) is 0 Å². The van der Waals surface area contributed by atoms with Crippen molar-refractivity contribution in [2.75, 3.05) is 0 Å². The average molecular weight is 924 g/mol. The van der Waals surface area contributed by atoms with Gasteiger partial charge in [0.15, 0.2) is 0 Å². The standard InChI is InChI=1S/C38H98O2Si12/c1-31(2)51(35(43(7,8)9)44(10,11)12,36(45(13,14)15)46(16,17)18)41-33(5)39-42(40-34(41)6)52(32(3)4,37(47(19,20)21)48(22,23)24)38(49(25,26)27)50(28,29)30/h31-38H,1-30H3. The maximum absolute atomic E-state index is 8.32. The van der Waals surface area contributed by atoms with Gasteiger partial charge in [-0.1, -0.05) is 210 Å². The van der Waals surface area contributed by atoms with E-state index in [4.69, 9.17) is 8.85 Å². The summed E-state index contributed by atoms with van der Waals surface area (Å²) >= 11 is 0. The van der Waals surface area contributed by atoms with Crippen LogP contribution in [0.4, 0.5) is 0 Å². The molecule has 1 aliphatic rings. The lowest BCUT2D eigenvalue weighted by Gasteiger charge is -2.68. The highest BCUT2D eigenvalue weighted by atomic mass is 29.3. The van der Waals surface area contributed by atoms with Gasteiger partial charge in [0.1, 0.15) is 15.9 Å². The third-order valence-corrected chi connectivity index (χ3v) is 115. The van der Waals surface area contributed by atoms with E-state index in [1.54, 1.807) is 0 Å². The number of hydrogen-bond acceptors (Lipinski definition) is 2. The highest BCUT2D eigenvalue weighted by Crippen LogP contribution is 2.61. The van der Waals surface area contributed by atoms with E-state index in [-0.39, 0.29) is 0 Å². The molecule has 1 saturated heterocycles. The van der Waals surface area contributed by atoms with Gasteiger partial charge in [0.25, 0.3) is 0 Å². The Morgan fingerprint density at radius 3 is 0.654 bits per heavy atom. The largest absolute Gasteiger partial charge is 0.397 e. The summed E-state index contributed by atoms with van der Waals surface area (Å²) in [6.45, 7) is 83.2. The molecule has 2 nitrogen and oxygen atoms in total. The molecule has 0 saturated carbocycles. The number of hydrogen-bond donors (Lipinski definition) is 0. The minimum atomic E-state index is -2.20. The van der Waals surface area contributed by atoms with Crippen molar-refractivity contribution in [3.63, 3.8) is 0 Å². The van der Waals surface area contributed by atoms with E-state index in [1.807, 2.05) is 0 Å². The Balaban J connectivity index is 4.66. The molecule has 1 fully saturated rings. The number of rotatable bonds is 16. The quantitative estimate of drug-likeness (QED) is 0.144. The molecule has 0 aliphatic carbocycles. The van der Waals surface area contributed by atoms with E-state index in [9.17, 15) is 0 Å². The highest BCUT2D eigenvalue weighted by molar-refractivity contribution is 7.49. The summed E-state index contributed by atoms with van der Waals surface area (Å²) in [5.74, 6) is 0. The van der Waals surface area contributed by atoms with Crippen LogP contribution in [0.15, 0.2) is 0 Å². The monoisotopic (exact) mass is 922 g/mol. The van der Waals surface area contributed by atoms with Crippen LogP contribution in [0.5, 0.6) is 0 Å². The van der Waals surface area contributed by atoms with E-state index >= 15 is 0 Å². The maximum atomic E-state index is 8.32. The molecule has 0 aromatic heterocycles. The second-order valence-corrected chi connectivity index (χ2v) is 96.6. The zero-order chi connectivity index (χ0) is 42.2. The zero-order valence-electron chi connectivity index (χ0n) is 41.4. The summed E-state index contributed by atoms with van der Waals surface area (Å²) in [6.07, 6.45) is 0. The Labute approximate surface area is 343 Å². The van der Waals surface area contributed by atoms with Gasteiger partial charge < -0.3 is 8.85 Å². The minimum Gasteiger partial charge on any atom is -0.397 e. The molecule has 310 valence electrons. The molecule has 0 N–H and O–H groups in total. The van der Waals surface area contributed by atoms with Crippen molar-refractivity contribution < 1.29 is 8.85 Å². The van der Waals surface area contributed by atoms with E-state index < -0.39 is 96.9 Å². The lowest BCUT2D eigenvalue weighted by atomic mass is 10.6. The van der Waals surface area contributed by atoms with Crippen molar-refractivity contribution in [2.45, 2.75) is 240 Å². The fraction of sp³-hybridized carbons (Fsp3) is 1.00. The van der Waals surface area contributed by atoms with Gasteiger partial charge in [-0.3, -0.25) is 0 Å². The molecular weight excluding hydrogens is 825 g/mol. The molecular formula is C38H98O2Si12. The molecule has 14 heteroatoms. The third-order valence-electron chi connectivity index (χ3n) is 13.0. The molecule has 52 heavy (non-hydrogen) atoms. The van der Waals surface area contributed by atoms with Crippen LogP contribution in [0.2, 0.25) is 187 Å². The Kier molecular flexibility index (Phi) is 16.7. The van der Waals surface area contributed by atoms with Crippen molar-refractivity contribution in [1.29, 1.82) is 0 Å². The van der Waals surface area contributed by atoms with Gasteiger partial charge >= 0.3 is 8.80 Å². The van der Waals surface area contributed by atoms with Gasteiger partial charge in [-0.25, -0.2) is 0 Å². The van der Waals surface area contributed by atoms with E-state index in [0.717, 1.165) is 24.7 Å². The van der Waals surface area contributed by atoms with E-state index in [2.05, 4.69) is 199 Å². The highest BCUT2D eigenvalue weighted by Gasteiger charge is 2.74. The summed E-state index contributed by atoms with van der Waals surface area (Å²) in [5.41, 5.74) is 2.28. The first-order valence-electron chi connectivity index (χ1n) is 21.5. The summed E-state index contributed by atoms with van der Waals surface area (Å²) in [6, 6.07) is 0. The van der Waals surface area contributed by atoms with Gasteiger partial charge in [0.05, 0.1) is 0 Å². The van der Waals surface area contributed by atoms with Crippen LogP contribution in [0.1, 0.15) is 41.5 Å². The fourth-order valence-electron chi connectivity index (χ4n) is 15.4. The topological polar surface area (TPSA) is 18.5 Å². The Bertz CT molecular complexity index is 1040. The van der Waals surface area contributed by atoms with E-state index in [1.165, 1.54) is 0 Å². The molecule has 0 aromatic rings. The van der Waals surface area contributed by atoms with Crippen LogP contribution in [0, 0.1) is 0 Å². The molecule has 1 aliphatic heterocycles. The first-order valence-corrected chi connectivity index (χ1v) is 59.5. The normalized spacial score (nSPS) is 21.2. The molecule has 2 unspecified atom stereocenters. The van der Waals surface area contributed by atoms with E-state index in [0.29, 0.717) is 17.0 Å². The van der Waals surface area contributed by atoms with Crippen LogP contribution in [-0.4, -0.2) is 108 Å². The third kappa shape index (κ3) is 10.6. The first-order chi connectivity index (χ1) is 22.4. The molecule has 0 aromatic carbocycles. The molecule has 2 radical (unpaired) electrons. The van der Waals surface area contributed by atoms with Crippen LogP contribution >= 0.6 is 0 Å². The second kappa shape index (κ2) is 16.5. The fourth-order valence-corrected chi connectivity index (χ4v) is 186. The molecule has 0 amide bonds. The smallest absolute Gasteiger partial charge is 0.358 e. The van der Waals surface area contributed by atoms with Gasteiger partial charge in [0.2, 0.25) is 0 Å². The zero-order valence-corrected chi connectivity index (χ0v) is 53.4. The Morgan fingerprint density at radius 2 is 0.500 bits per heavy atom. The molecule has 0 bridgehead atoms. The van der Waals surface area contributed by atoms with Crippen LogP contribution in [0.25, 0.3) is 0 Å². The lowest BCUT2D eigenvalue weighted by molar-refractivity contribution is 0.152. The summed E-state index contributed by atoms with van der Waals surface area (Å²) in [7, 11) is -19.5. The summed E-state index contributed by atoms with van der Waals surface area (Å²) in [4.78, 5) is 3.77. The predicted molar refractivity (Wildman–Crippen MR) is 276 cm³/mol. The first kappa shape index (κ1) is 52.5. The van der Waals surface area contributed by atoms with Crippen molar-refractivity contribution in [3.05, 3.63) is 0 Å². The van der Waals surface area contributed by atoms with Crippen LogP contribution < -0.4 is 0 Å². The van der Waals surface area contributed by atoms with Crippen molar-refractivity contribution >= 4 is 96.9 Å². The maximum Gasteiger partial charge on any atom is 0.358 e. The lowest BCUT2D eigenvalue weighted by Crippen LogP contribution is -2.84. The summed E-state index contributed by atoms with van der Waals surface area (Å²) < 4.78 is 16.6.